The van der Waals surface area contributed by atoms with E-state index in [0.29, 0.717) is 5.75 Å². The molecule has 0 aliphatic heterocycles. The number of benzene rings is 2. The summed E-state index contributed by atoms with van der Waals surface area (Å²) in [5.74, 6) is 0.232. The molecule has 0 saturated carbocycles. The number of nitrogens with zero attached hydrogens (tertiary/aromatic N) is 1. The summed E-state index contributed by atoms with van der Waals surface area (Å²) >= 11 is 0. The van der Waals surface area contributed by atoms with E-state index >= 15 is 0 Å². The van der Waals surface area contributed by atoms with Gasteiger partial charge < -0.3 is 9.64 Å². The molecule has 2 aromatic carbocycles. The maximum atomic E-state index is 12.5. The molecule has 2 aromatic rings. The minimum absolute atomic E-state index is 0.374. The highest BCUT2D eigenvalue weighted by molar-refractivity contribution is 5.85. The van der Waals surface area contributed by atoms with Crippen molar-refractivity contribution in [3.63, 3.8) is 0 Å². The van der Waals surface area contributed by atoms with E-state index in [-0.39, 0.29) is 5.91 Å². The second-order valence-corrected chi connectivity index (χ2v) is 5.53. The predicted octanol–water partition coefficient (Wildman–Crippen LogP) is 2.72. The van der Waals surface area contributed by atoms with Crippen LogP contribution in [0.5, 0.6) is 5.75 Å². The molecule has 122 valence electrons. The Morgan fingerprint density at radius 3 is 2.39 bits per heavy atom. The molecule has 1 N–H and O–H groups in total. The molecule has 0 spiro atoms. The van der Waals surface area contributed by atoms with Crippen LogP contribution in [0.4, 0.5) is 5.69 Å². The van der Waals surface area contributed by atoms with Gasteiger partial charge in [-0.3, -0.25) is 9.63 Å². The summed E-state index contributed by atoms with van der Waals surface area (Å²) in [4.78, 5) is 19.3. The molecule has 23 heavy (non-hydrogen) atoms. The van der Waals surface area contributed by atoms with E-state index in [9.17, 15) is 4.79 Å². The number of hydrogen-bond donors (Lipinski definition) is 1. The maximum Gasteiger partial charge on any atom is 0.292 e. The lowest BCUT2D eigenvalue weighted by atomic mass is 9.95. The molecule has 1 atom stereocenters. The van der Waals surface area contributed by atoms with Crippen LogP contribution >= 0.6 is 0 Å². The van der Waals surface area contributed by atoms with E-state index in [2.05, 4.69) is 5.48 Å². The van der Waals surface area contributed by atoms with Gasteiger partial charge in [-0.15, -0.1) is 0 Å². The zero-order chi connectivity index (χ0) is 16.9. The predicted molar refractivity (Wildman–Crippen MR) is 90.3 cm³/mol. The Kier molecular flexibility index (Phi) is 5.24. The Hall–Kier alpha value is -2.53. The Morgan fingerprint density at radius 2 is 1.78 bits per heavy atom. The topological polar surface area (TPSA) is 50.8 Å². The first kappa shape index (κ1) is 16.8. The number of nitrogens with one attached hydrogen (secondary N) is 1. The molecular weight excluding hydrogens is 292 g/mol. The number of hydrogen-bond acceptors (Lipinski definition) is 4. The number of carbonyl (C=O) groups excluding carboxylic acids is 1. The summed E-state index contributed by atoms with van der Waals surface area (Å²) in [7, 11) is 5.30. The highest BCUT2D eigenvalue weighted by Gasteiger charge is 2.38. The van der Waals surface area contributed by atoms with E-state index in [4.69, 9.17) is 9.57 Å². The molecule has 0 aliphatic carbocycles. The molecule has 0 aliphatic rings. The molecule has 5 heteroatoms. The molecule has 2 rings (SSSR count). The normalized spacial score (nSPS) is 13.0. The first-order chi connectivity index (χ1) is 11.0. The summed E-state index contributed by atoms with van der Waals surface area (Å²) in [5.41, 5.74) is 2.89. The van der Waals surface area contributed by atoms with Gasteiger partial charge in [0.05, 0.1) is 7.11 Å². The fourth-order valence-electron chi connectivity index (χ4n) is 2.24. The lowest BCUT2D eigenvalue weighted by Crippen LogP contribution is -2.46. The third-order valence-corrected chi connectivity index (χ3v) is 3.61. The van der Waals surface area contributed by atoms with E-state index in [0.717, 1.165) is 11.3 Å². The van der Waals surface area contributed by atoms with Gasteiger partial charge in [-0.05, 0) is 19.1 Å². The van der Waals surface area contributed by atoms with Gasteiger partial charge in [0.15, 0.2) is 0 Å². The van der Waals surface area contributed by atoms with Crippen LogP contribution in [-0.2, 0) is 15.2 Å². The average Bonchev–Trinajstić information content (AvgIpc) is 2.56. The van der Waals surface area contributed by atoms with Crippen LogP contribution in [-0.4, -0.2) is 27.1 Å². The largest absolute Gasteiger partial charge is 0.473 e. The fourth-order valence-corrected chi connectivity index (χ4v) is 2.24. The van der Waals surface area contributed by atoms with Crippen LogP contribution < -0.4 is 15.1 Å². The summed E-state index contributed by atoms with van der Waals surface area (Å²) in [6.45, 7) is 1.72. The molecule has 0 heterocycles. The van der Waals surface area contributed by atoms with Crippen LogP contribution in [0.2, 0.25) is 0 Å². The van der Waals surface area contributed by atoms with Gasteiger partial charge in [0.25, 0.3) is 5.91 Å². The SMILES string of the molecule is CONC(=O)C(C)(Oc1cccc(N(C)C)c1)c1ccccc1. The van der Waals surface area contributed by atoms with Gasteiger partial charge in [-0.25, -0.2) is 5.48 Å². The summed E-state index contributed by atoms with van der Waals surface area (Å²) in [6, 6.07) is 16.9. The third-order valence-electron chi connectivity index (χ3n) is 3.61. The monoisotopic (exact) mass is 314 g/mol. The second kappa shape index (κ2) is 7.15. The minimum atomic E-state index is -1.21. The zero-order valence-corrected chi connectivity index (χ0v) is 13.9. The number of anilines is 1. The van der Waals surface area contributed by atoms with Gasteiger partial charge in [0.1, 0.15) is 5.75 Å². The van der Waals surface area contributed by atoms with Gasteiger partial charge in [0, 0.05) is 31.4 Å². The lowest BCUT2D eigenvalue weighted by Gasteiger charge is -2.29. The van der Waals surface area contributed by atoms with Gasteiger partial charge in [-0.2, -0.15) is 0 Å². The highest BCUT2D eigenvalue weighted by atomic mass is 16.6. The Balaban J connectivity index is 2.39. The van der Waals surface area contributed by atoms with Crippen molar-refractivity contribution in [3.8, 4) is 5.75 Å². The van der Waals surface area contributed by atoms with Crippen LogP contribution in [0.3, 0.4) is 0 Å². The van der Waals surface area contributed by atoms with Crippen molar-refractivity contribution >= 4 is 11.6 Å². The molecule has 0 aromatic heterocycles. The van der Waals surface area contributed by atoms with E-state index in [1.54, 1.807) is 6.92 Å². The quantitative estimate of drug-likeness (QED) is 0.833. The van der Waals surface area contributed by atoms with Crippen molar-refractivity contribution in [2.45, 2.75) is 12.5 Å². The molecule has 5 nitrogen and oxygen atoms in total. The molecule has 0 fully saturated rings. The Bertz CT molecular complexity index is 658. The van der Waals surface area contributed by atoms with Crippen molar-refractivity contribution in [1.82, 2.24) is 5.48 Å². The Morgan fingerprint density at radius 1 is 1.09 bits per heavy atom. The van der Waals surface area contributed by atoms with Gasteiger partial charge >= 0.3 is 0 Å². The van der Waals surface area contributed by atoms with Crippen molar-refractivity contribution in [1.29, 1.82) is 0 Å². The third kappa shape index (κ3) is 3.81. The van der Waals surface area contributed by atoms with Crippen molar-refractivity contribution in [3.05, 3.63) is 60.2 Å². The van der Waals surface area contributed by atoms with Gasteiger partial charge in [-0.1, -0.05) is 36.4 Å². The standard InChI is InChI=1S/C18H22N2O3/c1-18(17(21)19-22-4,14-9-6-5-7-10-14)23-16-12-8-11-15(13-16)20(2)3/h5-13H,1-4H3,(H,19,21). The van der Waals surface area contributed by atoms with Crippen LogP contribution in [0.25, 0.3) is 0 Å². The minimum Gasteiger partial charge on any atom is -0.473 e. The smallest absolute Gasteiger partial charge is 0.292 e. The summed E-state index contributed by atoms with van der Waals surface area (Å²) in [5, 5.41) is 0. The molecule has 0 radical (unpaired) electrons. The highest BCUT2D eigenvalue weighted by Crippen LogP contribution is 2.30. The first-order valence-electron chi connectivity index (χ1n) is 7.32. The van der Waals surface area contributed by atoms with Gasteiger partial charge in [0.2, 0.25) is 5.60 Å². The summed E-state index contributed by atoms with van der Waals surface area (Å²) in [6.07, 6.45) is 0. The number of ether oxygens (including phenoxy) is 1. The van der Waals surface area contributed by atoms with Crippen LogP contribution in [0.15, 0.2) is 54.6 Å². The summed E-state index contributed by atoms with van der Waals surface area (Å²) < 4.78 is 6.07. The first-order valence-corrected chi connectivity index (χ1v) is 7.32. The number of carbonyl (C=O) groups is 1. The lowest BCUT2D eigenvalue weighted by molar-refractivity contribution is -0.147. The number of rotatable bonds is 6. The zero-order valence-electron chi connectivity index (χ0n) is 13.9. The molecule has 0 bridgehead atoms. The average molecular weight is 314 g/mol. The van der Waals surface area contributed by atoms with Crippen LogP contribution in [0, 0.1) is 0 Å². The Labute approximate surface area is 136 Å². The van der Waals surface area contributed by atoms with Crippen molar-refractivity contribution in [2.75, 3.05) is 26.1 Å². The maximum absolute atomic E-state index is 12.5. The van der Waals surface area contributed by atoms with E-state index in [1.165, 1.54) is 7.11 Å². The molecule has 1 amide bonds. The molecular formula is C18H22N2O3. The molecule has 1 unspecified atom stereocenters. The number of hydroxylamine groups is 1. The van der Waals surface area contributed by atoms with E-state index in [1.807, 2.05) is 73.6 Å². The second-order valence-electron chi connectivity index (χ2n) is 5.53. The van der Waals surface area contributed by atoms with Crippen LogP contribution in [0.1, 0.15) is 12.5 Å². The molecule has 0 saturated heterocycles. The van der Waals surface area contributed by atoms with E-state index < -0.39 is 5.60 Å². The van der Waals surface area contributed by atoms with Crippen molar-refractivity contribution < 1.29 is 14.4 Å². The fraction of sp³-hybridized carbons (Fsp3) is 0.278. The van der Waals surface area contributed by atoms with Crippen molar-refractivity contribution in [2.24, 2.45) is 0 Å². The number of amides is 1.